The van der Waals surface area contributed by atoms with E-state index < -0.39 is 5.97 Å². The zero-order valence-corrected chi connectivity index (χ0v) is 16.7. The molecule has 0 atom stereocenters. The Morgan fingerprint density at radius 3 is 2.28 bits per heavy atom. The maximum absolute atomic E-state index is 12.6. The minimum atomic E-state index is -0.984. The Labute approximate surface area is 169 Å². The fourth-order valence-corrected chi connectivity index (χ4v) is 3.16. The molecule has 1 heterocycles. The summed E-state index contributed by atoms with van der Waals surface area (Å²) in [4.78, 5) is 25.2. The maximum atomic E-state index is 12.6. The van der Waals surface area contributed by atoms with Gasteiger partial charge in [-0.15, -0.1) is 0 Å². The van der Waals surface area contributed by atoms with Crippen LogP contribution < -0.4 is 10.5 Å². The fourth-order valence-electron chi connectivity index (χ4n) is 3.16. The van der Waals surface area contributed by atoms with Crippen molar-refractivity contribution < 1.29 is 14.3 Å². The molecule has 0 bridgehead atoms. The van der Waals surface area contributed by atoms with Gasteiger partial charge in [-0.25, -0.2) is 9.59 Å². The number of carboxylic acid groups (broad SMARTS) is 1. The van der Waals surface area contributed by atoms with Gasteiger partial charge in [-0.05, 0) is 47.4 Å². The van der Waals surface area contributed by atoms with Crippen molar-refractivity contribution in [1.82, 2.24) is 0 Å². The zero-order valence-electron chi connectivity index (χ0n) is 16.7. The highest BCUT2D eigenvalue weighted by molar-refractivity contribution is 5.88. The van der Waals surface area contributed by atoms with Crippen LogP contribution in [-0.2, 0) is 11.2 Å². The Morgan fingerprint density at radius 2 is 1.69 bits per heavy atom. The number of carboxylic acids is 1. The minimum absolute atomic E-state index is 0.359. The van der Waals surface area contributed by atoms with Gasteiger partial charge in [-0.2, -0.15) is 0 Å². The molecule has 3 rings (SSSR count). The summed E-state index contributed by atoms with van der Waals surface area (Å²) in [6.45, 7) is 2.02. The number of benzene rings is 2. The van der Waals surface area contributed by atoms with Crippen molar-refractivity contribution in [1.29, 1.82) is 0 Å². The highest BCUT2D eigenvalue weighted by Crippen LogP contribution is 2.26. The number of hydrogen-bond acceptors (Lipinski definition) is 4. The van der Waals surface area contributed by atoms with Crippen molar-refractivity contribution in [3.63, 3.8) is 0 Å². The molecule has 0 unspecified atom stereocenters. The summed E-state index contributed by atoms with van der Waals surface area (Å²) >= 11 is 0. The Hall–Kier alpha value is -3.60. The van der Waals surface area contributed by atoms with Crippen LogP contribution in [0, 0.1) is 0 Å². The van der Waals surface area contributed by atoms with Crippen molar-refractivity contribution in [3.8, 4) is 0 Å². The van der Waals surface area contributed by atoms with Gasteiger partial charge in [0.25, 0.3) is 0 Å². The van der Waals surface area contributed by atoms with Crippen LogP contribution in [0.5, 0.6) is 0 Å². The second kappa shape index (κ2) is 8.61. The van der Waals surface area contributed by atoms with Gasteiger partial charge in [-0.1, -0.05) is 37.3 Å². The van der Waals surface area contributed by atoms with E-state index in [4.69, 9.17) is 9.52 Å². The van der Waals surface area contributed by atoms with Crippen LogP contribution in [0.1, 0.15) is 29.2 Å². The van der Waals surface area contributed by atoms with E-state index in [2.05, 4.69) is 0 Å². The number of aliphatic carboxylic acids is 1. The molecule has 0 saturated heterocycles. The normalized spacial score (nSPS) is 11.6. The first-order valence-corrected chi connectivity index (χ1v) is 9.35. The van der Waals surface area contributed by atoms with Crippen molar-refractivity contribution in [2.24, 2.45) is 0 Å². The molecular weight excluding hydrogens is 366 g/mol. The van der Waals surface area contributed by atoms with Gasteiger partial charge in [0.1, 0.15) is 5.58 Å². The molecule has 0 radical (unpaired) electrons. The topological polar surface area (TPSA) is 70.7 Å². The number of aryl methyl sites for hydroxylation is 1. The van der Waals surface area contributed by atoms with Crippen molar-refractivity contribution >= 4 is 40.9 Å². The van der Waals surface area contributed by atoms with Gasteiger partial charge in [0.2, 0.25) is 0 Å². The van der Waals surface area contributed by atoms with E-state index in [1.165, 1.54) is 6.08 Å². The van der Waals surface area contributed by atoms with E-state index in [0.717, 1.165) is 33.8 Å². The predicted octanol–water partition coefficient (Wildman–Crippen LogP) is 4.69. The summed E-state index contributed by atoms with van der Waals surface area (Å²) in [5, 5.41) is 9.63. The molecule has 2 aromatic carbocycles. The van der Waals surface area contributed by atoms with Crippen LogP contribution in [0.4, 0.5) is 5.69 Å². The Kier molecular flexibility index (Phi) is 5.98. The monoisotopic (exact) mass is 389 g/mol. The molecule has 3 aromatic rings. The first-order chi connectivity index (χ1) is 13.9. The van der Waals surface area contributed by atoms with Gasteiger partial charge in [0.15, 0.2) is 0 Å². The standard InChI is InChI=1S/C24H23NO4/c1-4-19-20-13-11-18(25(2)3)15-22(20)29-24(28)21(19)12-9-16-5-7-17(8-6-16)10-14-23(26)27/h5-15H,4H2,1-3H3,(H,26,27)/b12-9+,14-10+. The van der Waals surface area contributed by atoms with Crippen LogP contribution in [0.3, 0.4) is 0 Å². The third-order valence-electron chi connectivity index (χ3n) is 4.71. The van der Waals surface area contributed by atoms with Gasteiger partial charge in [0.05, 0.1) is 5.56 Å². The molecule has 148 valence electrons. The third kappa shape index (κ3) is 4.63. The van der Waals surface area contributed by atoms with E-state index in [1.807, 2.05) is 74.5 Å². The summed E-state index contributed by atoms with van der Waals surface area (Å²) in [5.41, 5.74) is 4.41. The second-order valence-corrected chi connectivity index (χ2v) is 6.88. The Bertz CT molecular complexity index is 1150. The molecule has 0 aliphatic rings. The summed E-state index contributed by atoms with van der Waals surface area (Å²) in [6.07, 6.45) is 6.98. The van der Waals surface area contributed by atoms with E-state index >= 15 is 0 Å². The molecule has 0 spiro atoms. The summed E-state index contributed by atoms with van der Waals surface area (Å²) in [6, 6.07) is 13.3. The molecule has 1 N–H and O–H groups in total. The largest absolute Gasteiger partial charge is 0.478 e. The number of rotatable bonds is 6. The maximum Gasteiger partial charge on any atom is 0.343 e. The summed E-state index contributed by atoms with van der Waals surface area (Å²) in [7, 11) is 3.89. The first-order valence-electron chi connectivity index (χ1n) is 9.35. The second-order valence-electron chi connectivity index (χ2n) is 6.88. The predicted molar refractivity (Wildman–Crippen MR) is 118 cm³/mol. The quantitative estimate of drug-likeness (QED) is 0.489. The van der Waals surface area contributed by atoms with E-state index in [9.17, 15) is 9.59 Å². The van der Waals surface area contributed by atoms with Crippen molar-refractivity contribution in [3.05, 3.63) is 81.2 Å². The Balaban J connectivity index is 1.97. The fraction of sp³-hybridized carbons (Fsp3) is 0.167. The number of hydrogen-bond donors (Lipinski definition) is 1. The van der Waals surface area contributed by atoms with Crippen LogP contribution in [0.2, 0.25) is 0 Å². The molecular formula is C24H23NO4. The zero-order chi connectivity index (χ0) is 21.0. The SMILES string of the molecule is CCc1c(/C=C/c2ccc(/C=C/C(=O)O)cc2)c(=O)oc2cc(N(C)C)ccc12. The van der Waals surface area contributed by atoms with Crippen LogP contribution in [0.25, 0.3) is 29.2 Å². The molecule has 0 saturated carbocycles. The molecule has 0 fully saturated rings. The highest BCUT2D eigenvalue weighted by Gasteiger charge is 2.12. The van der Waals surface area contributed by atoms with E-state index in [0.29, 0.717) is 17.6 Å². The van der Waals surface area contributed by atoms with Crippen molar-refractivity contribution in [2.75, 3.05) is 19.0 Å². The number of anilines is 1. The van der Waals surface area contributed by atoms with E-state index in [1.54, 1.807) is 6.08 Å². The third-order valence-corrected chi connectivity index (χ3v) is 4.71. The molecule has 1 aromatic heterocycles. The molecule has 0 aliphatic carbocycles. The summed E-state index contributed by atoms with van der Waals surface area (Å²) < 4.78 is 5.59. The average molecular weight is 389 g/mol. The van der Waals surface area contributed by atoms with Gasteiger partial charge in [0, 0.05) is 37.3 Å². The molecule has 0 amide bonds. The lowest BCUT2D eigenvalue weighted by atomic mass is 10.0. The minimum Gasteiger partial charge on any atom is -0.478 e. The van der Waals surface area contributed by atoms with Crippen LogP contribution in [-0.4, -0.2) is 25.2 Å². The average Bonchev–Trinajstić information content (AvgIpc) is 2.70. The van der Waals surface area contributed by atoms with Crippen LogP contribution >= 0.6 is 0 Å². The molecule has 5 heteroatoms. The lowest BCUT2D eigenvalue weighted by Gasteiger charge is -2.14. The van der Waals surface area contributed by atoms with Crippen LogP contribution in [0.15, 0.2) is 57.8 Å². The van der Waals surface area contributed by atoms with E-state index in [-0.39, 0.29) is 5.63 Å². The van der Waals surface area contributed by atoms with Gasteiger partial charge < -0.3 is 14.4 Å². The first kappa shape index (κ1) is 20.1. The molecule has 29 heavy (non-hydrogen) atoms. The number of carbonyl (C=O) groups is 1. The number of fused-ring (bicyclic) bond motifs is 1. The molecule has 5 nitrogen and oxygen atoms in total. The highest BCUT2D eigenvalue weighted by atomic mass is 16.4. The van der Waals surface area contributed by atoms with Crippen molar-refractivity contribution in [2.45, 2.75) is 13.3 Å². The molecule has 0 aliphatic heterocycles. The smallest absolute Gasteiger partial charge is 0.343 e. The lowest BCUT2D eigenvalue weighted by molar-refractivity contribution is -0.131. The number of nitrogens with zero attached hydrogens (tertiary/aromatic N) is 1. The Morgan fingerprint density at radius 1 is 1.03 bits per heavy atom. The van der Waals surface area contributed by atoms with Gasteiger partial charge in [-0.3, -0.25) is 0 Å². The summed E-state index contributed by atoms with van der Waals surface area (Å²) in [5.74, 6) is -0.984. The van der Waals surface area contributed by atoms with Gasteiger partial charge >= 0.3 is 11.6 Å². The lowest BCUT2D eigenvalue weighted by Crippen LogP contribution is -2.10.